The van der Waals surface area contributed by atoms with E-state index in [9.17, 15) is 0 Å². The van der Waals surface area contributed by atoms with E-state index in [-0.39, 0.29) is 0 Å². The Morgan fingerprint density at radius 1 is 1.32 bits per heavy atom. The standard InChI is InChI=1S/C16H25ClN2/c1-13(2)8-10-19(16-6-7-16)11-9-18-15-5-3-4-14(17)12-15/h3-5,12-13,16,18H,6-11H2,1-2H3. The molecule has 0 saturated heterocycles. The Hall–Kier alpha value is -0.730. The summed E-state index contributed by atoms with van der Waals surface area (Å²) in [6, 6.07) is 8.80. The van der Waals surface area contributed by atoms with Crippen LogP contribution in [-0.4, -0.2) is 30.6 Å². The second kappa shape index (κ2) is 7.16. The summed E-state index contributed by atoms with van der Waals surface area (Å²) in [6.45, 7) is 7.96. The van der Waals surface area contributed by atoms with E-state index in [2.05, 4.69) is 30.1 Å². The van der Waals surface area contributed by atoms with E-state index in [1.54, 1.807) is 0 Å². The lowest BCUT2D eigenvalue weighted by Gasteiger charge is -2.23. The molecule has 0 unspecified atom stereocenters. The summed E-state index contributed by atoms with van der Waals surface area (Å²) < 4.78 is 0. The Morgan fingerprint density at radius 2 is 2.11 bits per heavy atom. The van der Waals surface area contributed by atoms with Crippen molar-refractivity contribution in [2.24, 2.45) is 5.92 Å². The Bertz CT molecular complexity index is 388. The number of halogens is 1. The minimum atomic E-state index is 0.794. The number of rotatable bonds is 8. The molecule has 0 aromatic heterocycles. The van der Waals surface area contributed by atoms with Crippen LogP contribution in [0, 0.1) is 5.92 Å². The summed E-state index contributed by atoms with van der Waals surface area (Å²) in [6.07, 6.45) is 4.07. The molecular weight excluding hydrogens is 256 g/mol. The zero-order chi connectivity index (χ0) is 13.7. The van der Waals surface area contributed by atoms with E-state index in [4.69, 9.17) is 11.6 Å². The first kappa shape index (κ1) is 14.7. The van der Waals surface area contributed by atoms with Crippen LogP contribution in [0.15, 0.2) is 24.3 Å². The topological polar surface area (TPSA) is 15.3 Å². The van der Waals surface area contributed by atoms with Gasteiger partial charge in [0.2, 0.25) is 0 Å². The van der Waals surface area contributed by atoms with Crippen LogP contribution in [0.5, 0.6) is 0 Å². The van der Waals surface area contributed by atoms with Crippen LogP contribution in [0.4, 0.5) is 5.69 Å². The molecule has 1 aromatic carbocycles. The molecule has 0 radical (unpaired) electrons. The Labute approximate surface area is 122 Å². The second-order valence-corrected chi connectivity index (χ2v) is 6.32. The minimum absolute atomic E-state index is 0.794. The zero-order valence-corrected chi connectivity index (χ0v) is 12.8. The molecule has 2 nitrogen and oxygen atoms in total. The number of nitrogens with one attached hydrogen (secondary N) is 1. The van der Waals surface area contributed by atoms with Crippen molar-refractivity contribution in [1.82, 2.24) is 4.90 Å². The number of nitrogens with zero attached hydrogens (tertiary/aromatic N) is 1. The van der Waals surface area contributed by atoms with Gasteiger partial charge in [0.1, 0.15) is 0 Å². The molecule has 0 aliphatic heterocycles. The van der Waals surface area contributed by atoms with Crippen LogP contribution in [0.1, 0.15) is 33.1 Å². The smallest absolute Gasteiger partial charge is 0.0426 e. The summed E-state index contributed by atoms with van der Waals surface area (Å²) >= 11 is 5.98. The molecule has 19 heavy (non-hydrogen) atoms. The van der Waals surface area contributed by atoms with Gasteiger partial charge in [0.15, 0.2) is 0 Å². The molecule has 3 heteroatoms. The lowest BCUT2D eigenvalue weighted by atomic mass is 10.1. The van der Waals surface area contributed by atoms with Crippen molar-refractivity contribution in [3.63, 3.8) is 0 Å². The Morgan fingerprint density at radius 3 is 2.74 bits per heavy atom. The molecule has 1 aromatic rings. The van der Waals surface area contributed by atoms with Gasteiger partial charge in [0.05, 0.1) is 0 Å². The first-order valence-electron chi connectivity index (χ1n) is 7.38. The fourth-order valence-corrected chi connectivity index (χ4v) is 2.47. The molecule has 0 heterocycles. The number of benzene rings is 1. The molecule has 106 valence electrons. The van der Waals surface area contributed by atoms with Gasteiger partial charge in [0, 0.05) is 29.8 Å². The number of hydrogen-bond acceptors (Lipinski definition) is 2. The fourth-order valence-electron chi connectivity index (χ4n) is 2.28. The van der Waals surface area contributed by atoms with E-state index in [0.29, 0.717) is 0 Å². The quantitative estimate of drug-likeness (QED) is 0.765. The van der Waals surface area contributed by atoms with Crippen LogP contribution in [0.2, 0.25) is 5.02 Å². The minimum Gasteiger partial charge on any atom is -0.384 e. The van der Waals surface area contributed by atoms with Crippen molar-refractivity contribution in [2.75, 3.05) is 25.0 Å². The third-order valence-electron chi connectivity index (χ3n) is 3.61. The van der Waals surface area contributed by atoms with Gasteiger partial charge in [-0.2, -0.15) is 0 Å². The molecule has 1 aliphatic rings. The molecule has 1 fully saturated rings. The summed E-state index contributed by atoms with van der Waals surface area (Å²) in [7, 11) is 0. The van der Waals surface area contributed by atoms with Crippen molar-refractivity contribution in [1.29, 1.82) is 0 Å². The number of hydrogen-bond donors (Lipinski definition) is 1. The average Bonchev–Trinajstić information content (AvgIpc) is 3.17. The predicted molar refractivity (Wildman–Crippen MR) is 84.0 cm³/mol. The normalized spacial score (nSPS) is 15.2. The van der Waals surface area contributed by atoms with Crippen LogP contribution in [0.25, 0.3) is 0 Å². The summed E-state index contributed by atoms with van der Waals surface area (Å²) in [5.41, 5.74) is 1.12. The highest BCUT2D eigenvalue weighted by Crippen LogP contribution is 2.27. The van der Waals surface area contributed by atoms with Crippen molar-refractivity contribution < 1.29 is 0 Å². The van der Waals surface area contributed by atoms with Gasteiger partial charge in [-0.3, -0.25) is 4.90 Å². The first-order valence-corrected chi connectivity index (χ1v) is 7.76. The van der Waals surface area contributed by atoms with E-state index in [1.807, 2.05) is 18.2 Å². The monoisotopic (exact) mass is 280 g/mol. The third-order valence-corrected chi connectivity index (χ3v) is 3.84. The molecule has 0 bridgehead atoms. The van der Waals surface area contributed by atoms with Gasteiger partial charge < -0.3 is 5.32 Å². The second-order valence-electron chi connectivity index (χ2n) is 5.89. The van der Waals surface area contributed by atoms with Crippen molar-refractivity contribution in [3.05, 3.63) is 29.3 Å². The van der Waals surface area contributed by atoms with E-state index in [0.717, 1.165) is 35.8 Å². The van der Waals surface area contributed by atoms with Gasteiger partial charge in [-0.05, 0) is 49.9 Å². The van der Waals surface area contributed by atoms with Crippen LogP contribution in [0.3, 0.4) is 0 Å². The number of anilines is 1. The maximum atomic E-state index is 5.98. The summed E-state index contributed by atoms with van der Waals surface area (Å²) in [5.74, 6) is 0.794. The average molecular weight is 281 g/mol. The van der Waals surface area contributed by atoms with Crippen molar-refractivity contribution >= 4 is 17.3 Å². The largest absolute Gasteiger partial charge is 0.384 e. The zero-order valence-electron chi connectivity index (χ0n) is 12.0. The van der Waals surface area contributed by atoms with Crippen molar-refractivity contribution in [3.8, 4) is 0 Å². The van der Waals surface area contributed by atoms with E-state index in [1.165, 1.54) is 25.8 Å². The summed E-state index contributed by atoms with van der Waals surface area (Å²) in [4.78, 5) is 2.64. The Balaban J connectivity index is 1.73. The van der Waals surface area contributed by atoms with Crippen molar-refractivity contribution in [2.45, 2.75) is 39.2 Å². The fraction of sp³-hybridized carbons (Fsp3) is 0.625. The first-order chi connectivity index (χ1) is 9.15. The SMILES string of the molecule is CC(C)CCN(CCNc1cccc(Cl)c1)C1CC1. The van der Waals surface area contributed by atoms with Gasteiger partial charge in [-0.15, -0.1) is 0 Å². The van der Waals surface area contributed by atoms with Gasteiger partial charge in [0.25, 0.3) is 0 Å². The molecule has 1 saturated carbocycles. The maximum Gasteiger partial charge on any atom is 0.0426 e. The summed E-state index contributed by atoms with van der Waals surface area (Å²) in [5, 5.41) is 4.26. The van der Waals surface area contributed by atoms with Gasteiger partial charge >= 0.3 is 0 Å². The molecule has 0 spiro atoms. The van der Waals surface area contributed by atoms with Crippen LogP contribution < -0.4 is 5.32 Å². The Kier molecular flexibility index (Phi) is 5.53. The molecule has 1 N–H and O–H groups in total. The maximum absolute atomic E-state index is 5.98. The molecular formula is C16H25ClN2. The lowest BCUT2D eigenvalue weighted by molar-refractivity contribution is 0.257. The highest BCUT2D eigenvalue weighted by atomic mass is 35.5. The van der Waals surface area contributed by atoms with Gasteiger partial charge in [-0.25, -0.2) is 0 Å². The lowest BCUT2D eigenvalue weighted by Crippen LogP contribution is -2.32. The molecule has 1 aliphatic carbocycles. The molecule has 0 atom stereocenters. The van der Waals surface area contributed by atoms with E-state index >= 15 is 0 Å². The van der Waals surface area contributed by atoms with Crippen LogP contribution >= 0.6 is 11.6 Å². The molecule has 0 amide bonds. The predicted octanol–water partition coefficient (Wildman–Crippen LogP) is 4.26. The van der Waals surface area contributed by atoms with Gasteiger partial charge in [-0.1, -0.05) is 31.5 Å². The molecule has 2 rings (SSSR count). The van der Waals surface area contributed by atoms with E-state index < -0.39 is 0 Å². The third kappa shape index (κ3) is 5.42. The highest BCUT2D eigenvalue weighted by molar-refractivity contribution is 6.30. The highest BCUT2D eigenvalue weighted by Gasteiger charge is 2.28. The van der Waals surface area contributed by atoms with Crippen LogP contribution in [-0.2, 0) is 0 Å².